The molecular formula is C16H18N2O4. The Morgan fingerprint density at radius 3 is 2.64 bits per heavy atom. The summed E-state index contributed by atoms with van der Waals surface area (Å²) < 4.78 is 10.3. The summed E-state index contributed by atoms with van der Waals surface area (Å²) in [7, 11) is 1.39. The minimum Gasteiger partial charge on any atom is -0.491 e. The average molecular weight is 302 g/mol. The minimum atomic E-state index is -0.573. The Morgan fingerprint density at radius 1 is 1.18 bits per heavy atom. The van der Waals surface area contributed by atoms with E-state index in [2.05, 4.69) is 10.2 Å². The first kappa shape index (κ1) is 14.7. The van der Waals surface area contributed by atoms with Crippen molar-refractivity contribution < 1.29 is 9.47 Å². The van der Waals surface area contributed by atoms with E-state index in [1.807, 2.05) is 24.3 Å². The zero-order chi connectivity index (χ0) is 15.5. The number of ether oxygens (including phenoxy) is 2. The number of methoxy groups -OCH3 is 1. The molecule has 0 aliphatic carbocycles. The van der Waals surface area contributed by atoms with Crippen LogP contribution in [0.25, 0.3) is 0 Å². The largest absolute Gasteiger partial charge is 0.491 e. The van der Waals surface area contributed by atoms with Gasteiger partial charge in [-0.3, -0.25) is 14.5 Å². The number of para-hydroxylation sites is 1. The van der Waals surface area contributed by atoms with Gasteiger partial charge in [0.1, 0.15) is 5.69 Å². The van der Waals surface area contributed by atoms with Crippen molar-refractivity contribution in [3.8, 4) is 5.75 Å². The minimum absolute atomic E-state index is 0.103. The Morgan fingerprint density at radius 2 is 1.91 bits per heavy atom. The second kappa shape index (κ2) is 6.29. The second-order valence-electron chi connectivity index (χ2n) is 5.24. The number of nitrogens with one attached hydrogen (secondary N) is 1. The van der Waals surface area contributed by atoms with Crippen LogP contribution in [-0.2, 0) is 11.3 Å². The molecule has 116 valence electrons. The molecule has 3 rings (SSSR count). The number of rotatable bonds is 5. The maximum Gasteiger partial charge on any atom is 0.272 e. The SMILES string of the molecule is COc1c(Nc2ccccc2CN2CCOCC2)c(=O)c1=O. The summed E-state index contributed by atoms with van der Waals surface area (Å²) in [6, 6.07) is 7.76. The highest BCUT2D eigenvalue weighted by Gasteiger charge is 2.22. The van der Waals surface area contributed by atoms with E-state index < -0.39 is 10.9 Å². The van der Waals surface area contributed by atoms with Gasteiger partial charge in [-0.25, -0.2) is 0 Å². The van der Waals surface area contributed by atoms with Gasteiger partial charge in [-0.15, -0.1) is 0 Å². The van der Waals surface area contributed by atoms with Crippen molar-refractivity contribution >= 4 is 11.4 Å². The van der Waals surface area contributed by atoms with E-state index in [1.54, 1.807) is 0 Å². The lowest BCUT2D eigenvalue weighted by atomic mass is 10.1. The predicted octanol–water partition coefficient (Wildman–Crippen LogP) is 0.867. The van der Waals surface area contributed by atoms with Crippen LogP contribution in [0.4, 0.5) is 11.4 Å². The molecule has 6 nitrogen and oxygen atoms in total. The third-order valence-electron chi connectivity index (χ3n) is 3.85. The standard InChI is InChI=1S/C16H18N2O4/c1-21-16-13(14(19)15(16)20)17-12-5-3-2-4-11(12)10-18-6-8-22-9-7-18/h2-5,17H,6-10H2,1H3. The fourth-order valence-electron chi connectivity index (χ4n) is 2.59. The van der Waals surface area contributed by atoms with Crippen LogP contribution in [-0.4, -0.2) is 38.3 Å². The van der Waals surface area contributed by atoms with E-state index in [0.29, 0.717) is 0 Å². The summed E-state index contributed by atoms with van der Waals surface area (Å²) in [5, 5.41) is 3.04. The first-order chi connectivity index (χ1) is 10.7. The number of hydrogen-bond donors (Lipinski definition) is 1. The van der Waals surface area contributed by atoms with Crippen LogP contribution in [0.3, 0.4) is 0 Å². The van der Waals surface area contributed by atoms with Crippen LogP contribution in [0.2, 0.25) is 0 Å². The lowest BCUT2D eigenvalue weighted by Crippen LogP contribution is -2.36. The first-order valence-corrected chi connectivity index (χ1v) is 7.23. The Bertz CT molecular complexity index is 728. The number of nitrogens with zero attached hydrogens (tertiary/aromatic N) is 1. The average Bonchev–Trinajstić information content (AvgIpc) is 2.56. The second-order valence-corrected chi connectivity index (χ2v) is 5.24. The van der Waals surface area contributed by atoms with Crippen molar-refractivity contribution in [2.45, 2.75) is 6.54 Å². The van der Waals surface area contributed by atoms with Gasteiger partial charge >= 0.3 is 0 Å². The van der Waals surface area contributed by atoms with Crippen molar-refractivity contribution in [3.63, 3.8) is 0 Å². The van der Waals surface area contributed by atoms with E-state index in [9.17, 15) is 9.59 Å². The molecule has 0 atom stereocenters. The third-order valence-corrected chi connectivity index (χ3v) is 3.85. The maximum atomic E-state index is 11.7. The molecule has 0 aromatic heterocycles. The van der Waals surface area contributed by atoms with Crippen molar-refractivity contribution in [2.24, 2.45) is 0 Å². The van der Waals surface area contributed by atoms with Gasteiger partial charge in [0, 0.05) is 25.3 Å². The quantitative estimate of drug-likeness (QED) is 0.827. The van der Waals surface area contributed by atoms with E-state index in [-0.39, 0.29) is 11.4 Å². The fraction of sp³-hybridized carbons (Fsp3) is 0.375. The molecule has 2 aromatic carbocycles. The molecule has 2 aromatic rings. The van der Waals surface area contributed by atoms with Gasteiger partial charge in [0.05, 0.1) is 20.3 Å². The molecule has 0 spiro atoms. The van der Waals surface area contributed by atoms with Gasteiger partial charge in [-0.2, -0.15) is 0 Å². The highest BCUT2D eigenvalue weighted by atomic mass is 16.5. The Labute approximate surface area is 128 Å². The topological polar surface area (TPSA) is 67.9 Å². The molecular weight excluding hydrogens is 284 g/mol. The summed E-state index contributed by atoms with van der Waals surface area (Å²) in [4.78, 5) is 25.4. The van der Waals surface area contributed by atoms with E-state index in [0.717, 1.165) is 44.1 Å². The summed E-state index contributed by atoms with van der Waals surface area (Å²) in [5.74, 6) is 0.103. The van der Waals surface area contributed by atoms with E-state index >= 15 is 0 Å². The number of benzene rings is 1. The molecule has 1 heterocycles. The van der Waals surface area contributed by atoms with E-state index in [1.165, 1.54) is 7.11 Å². The first-order valence-electron chi connectivity index (χ1n) is 7.23. The van der Waals surface area contributed by atoms with Crippen molar-refractivity contribution in [1.82, 2.24) is 4.90 Å². The van der Waals surface area contributed by atoms with Gasteiger partial charge in [0.2, 0.25) is 0 Å². The van der Waals surface area contributed by atoms with Gasteiger partial charge in [-0.05, 0) is 11.6 Å². The molecule has 0 amide bonds. The molecule has 0 radical (unpaired) electrons. The zero-order valence-corrected chi connectivity index (χ0v) is 12.4. The lowest BCUT2D eigenvalue weighted by molar-refractivity contribution is 0.0343. The molecule has 22 heavy (non-hydrogen) atoms. The Balaban J connectivity index is 1.80. The van der Waals surface area contributed by atoms with Crippen molar-refractivity contribution in [1.29, 1.82) is 0 Å². The van der Waals surface area contributed by atoms with Crippen LogP contribution in [0.1, 0.15) is 5.56 Å². The fourth-order valence-corrected chi connectivity index (χ4v) is 2.59. The van der Waals surface area contributed by atoms with Gasteiger partial charge in [0.15, 0.2) is 5.75 Å². The van der Waals surface area contributed by atoms with Crippen LogP contribution in [0.5, 0.6) is 5.75 Å². The number of anilines is 2. The monoisotopic (exact) mass is 302 g/mol. The number of morpholine rings is 1. The van der Waals surface area contributed by atoms with Crippen LogP contribution < -0.4 is 20.9 Å². The van der Waals surface area contributed by atoms with Gasteiger partial charge in [-0.1, -0.05) is 18.2 Å². The smallest absolute Gasteiger partial charge is 0.272 e. The summed E-state index contributed by atoms with van der Waals surface area (Å²) in [6.07, 6.45) is 0. The molecule has 1 aliphatic heterocycles. The molecule has 0 unspecified atom stereocenters. The summed E-state index contributed by atoms with van der Waals surface area (Å²) in [6.45, 7) is 4.02. The summed E-state index contributed by atoms with van der Waals surface area (Å²) >= 11 is 0. The Kier molecular flexibility index (Phi) is 4.22. The highest BCUT2D eigenvalue weighted by molar-refractivity contribution is 5.71. The normalized spacial score (nSPS) is 15.9. The molecule has 0 saturated carbocycles. The summed E-state index contributed by atoms with van der Waals surface area (Å²) in [5.41, 5.74) is 1.02. The number of hydrogen-bond acceptors (Lipinski definition) is 6. The van der Waals surface area contributed by atoms with Crippen LogP contribution >= 0.6 is 0 Å². The molecule has 1 saturated heterocycles. The Hall–Kier alpha value is -2.18. The molecule has 1 N–H and O–H groups in total. The third kappa shape index (κ3) is 2.75. The molecule has 1 aliphatic rings. The van der Waals surface area contributed by atoms with Crippen molar-refractivity contribution in [3.05, 3.63) is 50.3 Å². The molecule has 1 fully saturated rings. The predicted molar refractivity (Wildman–Crippen MR) is 83.7 cm³/mol. The highest BCUT2D eigenvalue weighted by Crippen LogP contribution is 2.25. The van der Waals surface area contributed by atoms with E-state index in [4.69, 9.17) is 9.47 Å². The van der Waals surface area contributed by atoms with Crippen LogP contribution in [0.15, 0.2) is 33.9 Å². The van der Waals surface area contributed by atoms with Crippen molar-refractivity contribution in [2.75, 3.05) is 38.7 Å². The van der Waals surface area contributed by atoms with Gasteiger partial charge < -0.3 is 14.8 Å². The molecule has 0 bridgehead atoms. The zero-order valence-electron chi connectivity index (χ0n) is 12.4. The molecule has 6 heteroatoms. The lowest BCUT2D eigenvalue weighted by Gasteiger charge is -2.27. The maximum absolute atomic E-state index is 11.7. The van der Waals surface area contributed by atoms with Gasteiger partial charge in [0.25, 0.3) is 10.9 Å². The van der Waals surface area contributed by atoms with Crippen LogP contribution in [0, 0.1) is 0 Å².